The van der Waals surface area contributed by atoms with Gasteiger partial charge in [-0.15, -0.1) is 0 Å². The lowest BCUT2D eigenvalue weighted by Crippen LogP contribution is -2.26. The van der Waals surface area contributed by atoms with Gasteiger partial charge in [0.25, 0.3) is 0 Å². The quantitative estimate of drug-likeness (QED) is 0.464. The number of rotatable bonds is 0. The first-order chi connectivity index (χ1) is 6.72. The van der Waals surface area contributed by atoms with Crippen LogP contribution in [0.4, 0.5) is 4.39 Å². The average molecular weight is 188 g/mol. The van der Waals surface area contributed by atoms with Crippen molar-refractivity contribution in [3.05, 3.63) is 47.1 Å². The summed E-state index contributed by atoms with van der Waals surface area (Å²) >= 11 is 0. The predicted molar refractivity (Wildman–Crippen MR) is 47.6 cm³/mol. The van der Waals surface area contributed by atoms with E-state index in [-0.39, 0.29) is 5.52 Å². The maximum absolute atomic E-state index is 12.8. The third kappa shape index (κ3) is 1.15. The number of benzene rings is 1. The van der Waals surface area contributed by atoms with Crippen LogP contribution in [0, 0.1) is 22.4 Å². The molecule has 0 spiro atoms. The van der Waals surface area contributed by atoms with E-state index >= 15 is 0 Å². The van der Waals surface area contributed by atoms with Gasteiger partial charge in [0, 0.05) is 12.1 Å². The van der Waals surface area contributed by atoms with Crippen molar-refractivity contribution < 1.29 is 9.12 Å². The number of nitriles is 1. The number of nitrogens with zero attached hydrogens (tertiary/aromatic N) is 2. The van der Waals surface area contributed by atoms with Crippen molar-refractivity contribution in [3.63, 3.8) is 0 Å². The van der Waals surface area contributed by atoms with Crippen LogP contribution in [0.25, 0.3) is 10.9 Å². The first-order valence-electron chi connectivity index (χ1n) is 3.94. The van der Waals surface area contributed by atoms with Crippen LogP contribution in [-0.2, 0) is 0 Å². The molecule has 1 aromatic carbocycles. The highest BCUT2D eigenvalue weighted by atomic mass is 19.1. The molecule has 4 heteroatoms. The summed E-state index contributed by atoms with van der Waals surface area (Å²) in [7, 11) is 0. The first kappa shape index (κ1) is 8.45. The molecule has 2 aromatic rings. The SMILES string of the molecule is N#Cc1cc[n+]([O-])c2cc(F)ccc12. The zero-order valence-electron chi connectivity index (χ0n) is 7.07. The molecular weight excluding hydrogens is 183 g/mol. The van der Waals surface area contributed by atoms with Crippen molar-refractivity contribution in [1.29, 1.82) is 5.26 Å². The summed E-state index contributed by atoms with van der Waals surface area (Å²) in [5.41, 5.74) is 0.538. The van der Waals surface area contributed by atoms with Gasteiger partial charge in [-0.05, 0) is 12.1 Å². The van der Waals surface area contributed by atoms with Crippen LogP contribution in [0.2, 0.25) is 0 Å². The van der Waals surface area contributed by atoms with Crippen molar-refractivity contribution in [2.45, 2.75) is 0 Å². The standard InChI is InChI=1S/C10H5FN2O/c11-8-1-2-9-7(6-12)3-4-13(14)10(9)5-8/h1-5H. The molecule has 0 aliphatic rings. The molecule has 1 heterocycles. The number of pyridine rings is 1. The summed E-state index contributed by atoms with van der Waals surface area (Å²) in [6.07, 6.45) is 1.19. The van der Waals surface area contributed by atoms with Gasteiger partial charge in [-0.2, -0.15) is 9.99 Å². The van der Waals surface area contributed by atoms with Crippen molar-refractivity contribution in [2.24, 2.45) is 0 Å². The molecular formula is C10H5FN2O. The van der Waals surface area contributed by atoms with E-state index in [4.69, 9.17) is 5.26 Å². The summed E-state index contributed by atoms with van der Waals surface area (Å²) in [6, 6.07) is 7.12. The molecule has 0 radical (unpaired) electrons. The molecule has 0 bridgehead atoms. The molecule has 3 nitrogen and oxygen atoms in total. The van der Waals surface area contributed by atoms with Crippen LogP contribution in [0.3, 0.4) is 0 Å². The lowest BCUT2D eigenvalue weighted by atomic mass is 10.1. The van der Waals surface area contributed by atoms with Gasteiger partial charge in [0.1, 0.15) is 11.9 Å². The van der Waals surface area contributed by atoms with E-state index in [1.807, 2.05) is 6.07 Å². The fourth-order valence-corrected chi connectivity index (χ4v) is 1.32. The van der Waals surface area contributed by atoms with Crippen LogP contribution < -0.4 is 4.73 Å². The zero-order chi connectivity index (χ0) is 10.1. The first-order valence-corrected chi connectivity index (χ1v) is 3.94. The molecule has 2 rings (SSSR count). The highest BCUT2D eigenvalue weighted by Gasteiger charge is 2.08. The lowest BCUT2D eigenvalue weighted by Gasteiger charge is -2.01. The molecule has 0 fully saturated rings. The number of hydrogen-bond acceptors (Lipinski definition) is 2. The zero-order valence-corrected chi connectivity index (χ0v) is 7.07. The summed E-state index contributed by atoms with van der Waals surface area (Å²) < 4.78 is 13.4. The van der Waals surface area contributed by atoms with Crippen LogP contribution in [0.5, 0.6) is 0 Å². The highest BCUT2D eigenvalue weighted by molar-refractivity contribution is 5.81. The van der Waals surface area contributed by atoms with Crippen LogP contribution >= 0.6 is 0 Å². The van der Waals surface area contributed by atoms with Gasteiger partial charge >= 0.3 is 0 Å². The van der Waals surface area contributed by atoms with Gasteiger partial charge in [-0.25, -0.2) is 4.39 Å². The second kappa shape index (κ2) is 2.96. The Morgan fingerprint density at radius 3 is 2.86 bits per heavy atom. The van der Waals surface area contributed by atoms with Crippen molar-refractivity contribution in [2.75, 3.05) is 0 Å². The molecule has 1 aromatic heterocycles. The van der Waals surface area contributed by atoms with Gasteiger partial charge in [-0.3, -0.25) is 0 Å². The molecule has 0 saturated carbocycles. The Balaban J connectivity index is 2.93. The van der Waals surface area contributed by atoms with E-state index in [9.17, 15) is 9.60 Å². The fourth-order valence-electron chi connectivity index (χ4n) is 1.32. The minimum Gasteiger partial charge on any atom is -0.618 e. The predicted octanol–water partition coefficient (Wildman–Crippen LogP) is 1.48. The second-order valence-electron chi connectivity index (χ2n) is 2.83. The monoisotopic (exact) mass is 188 g/mol. The Hall–Kier alpha value is -2.15. The van der Waals surface area contributed by atoms with Gasteiger partial charge in [-0.1, -0.05) is 0 Å². The van der Waals surface area contributed by atoms with E-state index in [0.29, 0.717) is 15.7 Å². The lowest BCUT2D eigenvalue weighted by molar-refractivity contribution is -0.577. The number of halogens is 1. The average Bonchev–Trinajstić information content (AvgIpc) is 2.19. The smallest absolute Gasteiger partial charge is 0.228 e. The van der Waals surface area contributed by atoms with Gasteiger partial charge in [0.05, 0.1) is 10.9 Å². The normalized spacial score (nSPS) is 10.0. The molecule has 0 saturated heterocycles. The molecule has 68 valence electrons. The van der Waals surface area contributed by atoms with E-state index in [1.165, 1.54) is 24.4 Å². The summed E-state index contributed by atoms with van der Waals surface area (Å²) in [4.78, 5) is 0. The van der Waals surface area contributed by atoms with Gasteiger partial charge < -0.3 is 5.21 Å². The topological polar surface area (TPSA) is 50.7 Å². The molecule has 0 atom stereocenters. The van der Waals surface area contributed by atoms with E-state index in [2.05, 4.69) is 0 Å². The molecule has 14 heavy (non-hydrogen) atoms. The second-order valence-corrected chi connectivity index (χ2v) is 2.83. The Labute approximate surface area is 79.2 Å². The maximum Gasteiger partial charge on any atom is 0.228 e. The van der Waals surface area contributed by atoms with Gasteiger partial charge in [0.2, 0.25) is 5.52 Å². The van der Waals surface area contributed by atoms with E-state index < -0.39 is 5.82 Å². The van der Waals surface area contributed by atoms with Crippen LogP contribution in [0.1, 0.15) is 5.56 Å². The third-order valence-electron chi connectivity index (χ3n) is 1.98. The minimum absolute atomic E-state index is 0.170. The van der Waals surface area contributed by atoms with Crippen molar-refractivity contribution >= 4 is 10.9 Å². The molecule has 0 amide bonds. The molecule has 0 unspecified atom stereocenters. The number of hydrogen-bond donors (Lipinski definition) is 0. The summed E-state index contributed by atoms with van der Waals surface area (Å²) in [5, 5.41) is 20.4. The van der Waals surface area contributed by atoms with E-state index in [1.54, 1.807) is 0 Å². The summed E-state index contributed by atoms with van der Waals surface area (Å²) in [6.45, 7) is 0. The third-order valence-corrected chi connectivity index (χ3v) is 1.98. The van der Waals surface area contributed by atoms with Crippen LogP contribution in [-0.4, -0.2) is 0 Å². The van der Waals surface area contributed by atoms with Gasteiger partial charge in [0.15, 0.2) is 6.20 Å². The Morgan fingerprint density at radius 2 is 2.14 bits per heavy atom. The Bertz CT molecular complexity index is 546. The largest absolute Gasteiger partial charge is 0.618 e. The maximum atomic E-state index is 12.8. The van der Waals surface area contributed by atoms with Crippen molar-refractivity contribution in [3.8, 4) is 6.07 Å². The Morgan fingerprint density at radius 1 is 1.36 bits per heavy atom. The Kier molecular flexibility index (Phi) is 1.79. The number of fused-ring (bicyclic) bond motifs is 1. The van der Waals surface area contributed by atoms with Crippen LogP contribution in [0.15, 0.2) is 30.5 Å². The highest BCUT2D eigenvalue weighted by Crippen LogP contribution is 2.15. The minimum atomic E-state index is -0.489. The molecule has 0 aliphatic heterocycles. The van der Waals surface area contributed by atoms with E-state index in [0.717, 1.165) is 6.07 Å². The van der Waals surface area contributed by atoms with Crippen molar-refractivity contribution in [1.82, 2.24) is 0 Å². The summed E-state index contributed by atoms with van der Waals surface area (Å²) in [5.74, 6) is -0.489. The number of aromatic nitrogens is 1. The molecule has 0 aliphatic carbocycles. The molecule has 0 N–H and O–H groups in total. The fraction of sp³-hybridized carbons (Fsp3) is 0.